The summed E-state index contributed by atoms with van der Waals surface area (Å²) in [6.45, 7) is 5.52. The lowest BCUT2D eigenvalue weighted by atomic mass is 10.0. The lowest BCUT2D eigenvalue weighted by molar-refractivity contribution is 0.101. The molecule has 0 saturated heterocycles. The highest BCUT2D eigenvalue weighted by Gasteiger charge is 2.23. The standard InChI is InChI=1S/C13H18BrNO2/c1-9(17)11-6-5-10(7-12(11)14)15(4)13(2,3)8-16/h5-7,16H,8H2,1-4H3. The molecule has 0 aliphatic carbocycles. The predicted octanol–water partition coefficient (Wildman–Crippen LogP) is 2.86. The van der Waals surface area contributed by atoms with Crippen molar-refractivity contribution in [3.8, 4) is 0 Å². The van der Waals surface area contributed by atoms with Gasteiger partial charge in [0.2, 0.25) is 0 Å². The second kappa shape index (κ2) is 5.19. The summed E-state index contributed by atoms with van der Waals surface area (Å²) in [4.78, 5) is 13.3. The monoisotopic (exact) mass is 299 g/mol. The lowest BCUT2D eigenvalue weighted by Gasteiger charge is -2.36. The van der Waals surface area contributed by atoms with Gasteiger partial charge in [-0.25, -0.2) is 0 Å². The number of carbonyl (C=O) groups excluding carboxylic acids is 1. The summed E-state index contributed by atoms with van der Waals surface area (Å²) in [5.41, 5.74) is 1.29. The van der Waals surface area contributed by atoms with E-state index in [0.29, 0.717) is 5.56 Å². The first kappa shape index (κ1) is 14.2. The molecule has 0 radical (unpaired) electrons. The molecule has 0 heterocycles. The van der Waals surface area contributed by atoms with Gasteiger partial charge in [0.05, 0.1) is 12.1 Å². The van der Waals surface area contributed by atoms with Gasteiger partial charge in [-0.05, 0) is 54.9 Å². The topological polar surface area (TPSA) is 40.5 Å². The van der Waals surface area contributed by atoms with Gasteiger partial charge in [-0.1, -0.05) is 0 Å². The van der Waals surface area contributed by atoms with Gasteiger partial charge < -0.3 is 10.0 Å². The van der Waals surface area contributed by atoms with Crippen LogP contribution >= 0.6 is 15.9 Å². The van der Waals surface area contributed by atoms with Crippen LogP contribution in [0.15, 0.2) is 22.7 Å². The number of benzene rings is 1. The molecule has 1 N–H and O–H groups in total. The number of aliphatic hydroxyl groups excluding tert-OH is 1. The molecular formula is C13H18BrNO2. The quantitative estimate of drug-likeness (QED) is 0.869. The Morgan fingerprint density at radius 3 is 2.47 bits per heavy atom. The molecule has 1 rings (SSSR count). The molecule has 0 atom stereocenters. The SMILES string of the molecule is CC(=O)c1ccc(N(C)C(C)(C)CO)cc1Br. The second-order valence-corrected chi connectivity index (χ2v) is 5.60. The lowest BCUT2D eigenvalue weighted by Crippen LogP contribution is -2.44. The Kier molecular flexibility index (Phi) is 4.33. The van der Waals surface area contributed by atoms with E-state index in [2.05, 4.69) is 15.9 Å². The summed E-state index contributed by atoms with van der Waals surface area (Å²) in [5, 5.41) is 9.33. The van der Waals surface area contributed by atoms with Crippen LogP contribution in [0.4, 0.5) is 5.69 Å². The van der Waals surface area contributed by atoms with Crippen LogP contribution in [0.1, 0.15) is 31.1 Å². The van der Waals surface area contributed by atoms with E-state index in [-0.39, 0.29) is 17.9 Å². The average Bonchev–Trinajstić information content (AvgIpc) is 2.27. The van der Waals surface area contributed by atoms with E-state index >= 15 is 0 Å². The van der Waals surface area contributed by atoms with Crippen molar-refractivity contribution in [3.63, 3.8) is 0 Å². The van der Waals surface area contributed by atoms with Gasteiger partial charge in [0, 0.05) is 22.8 Å². The van der Waals surface area contributed by atoms with Crippen LogP contribution in [0, 0.1) is 0 Å². The summed E-state index contributed by atoms with van der Waals surface area (Å²) >= 11 is 3.39. The molecular weight excluding hydrogens is 282 g/mol. The number of anilines is 1. The Morgan fingerprint density at radius 1 is 1.47 bits per heavy atom. The Morgan fingerprint density at radius 2 is 2.06 bits per heavy atom. The van der Waals surface area contributed by atoms with Crippen molar-refractivity contribution >= 4 is 27.4 Å². The number of nitrogens with zero attached hydrogens (tertiary/aromatic N) is 1. The highest BCUT2D eigenvalue weighted by atomic mass is 79.9. The van der Waals surface area contributed by atoms with Crippen molar-refractivity contribution < 1.29 is 9.90 Å². The number of Topliss-reactive ketones (excluding diaryl/α,β-unsaturated/α-hetero) is 1. The highest BCUT2D eigenvalue weighted by molar-refractivity contribution is 9.10. The fourth-order valence-electron chi connectivity index (χ4n) is 1.45. The molecule has 0 saturated carbocycles. The van der Waals surface area contributed by atoms with Gasteiger partial charge in [0.25, 0.3) is 0 Å². The van der Waals surface area contributed by atoms with Crippen molar-refractivity contribution in [2.24, 2.45) is 0 Å². The van der Waals surface area contributed by atoms with Crippen molar-refractivity contribution in [1.82, 2.24) is 0 Å². The summed E-state index contributed by atoms with van der Waals surface area (Å²) in [5.74, 6) is 0.0347. The molecule has 4 heteroatoms. The Bertz CT molecular complexity index is 429. The Balaban J connectivity index is 3.10. The third-order valence-electron chi connectivity index (χ3n) is 3.01. The van der Waals surface area contributed by atoms with Gasteiger partial charge in [-0.15, -0.1) is 0 Å². The molecule has 0 amide bonds. The molecule has 0 aliphatic heterocycles. The van der Waals surface area contributed by atoms with Crippen LogP contribution in [-0.4, -0.2) is 30.1 Å². The fraction of sp³-hybridized carbons (Fsp3) is 0.462. The van der Waals surface area contributed by atoms with Gasteiger partial charge in [-0.3, -0.25) is 4.79 Å². The summed E-state index contributed by atoms with van der Waals surface area (Å²) < 4.78 is 0.781. The molecule has 1 aromatic rings. The number of rotatable bonds is 4. The molecule has 0 bridgehead atoms. The third-order valence-corrected chi connectivity index (χ3v) is 3.67. The van der Waals surface area contributed by atoms with Gasteiger partial charge in [0.15, 0.2) is 5.78 Å². The predicted molar refractivity (Wildman–Crippen MR) is 73.7 cm³/mol. The summed E-state index contributed by atoms with van der Waals surface area (Å²) in [6, 6.07) is 5.58. The molecule has 3 nitrogen and oxygen atoms in total. The smallest absolute Gasteiger partial charge is 0.160 e. The molecule has 0 fully saturated rings. The maximum atomic E-state index is 11.3. The van der Waals surface area contributed by atoms with Gasteiger partial charge in [-0.2, -0.15) is 0 Å². The largest absolute Gasteiger partial charge is 0.394 e. The zero-order valence-corrected chi connectivity index (χ0v) is 12.2. The van der Waals surface area contributed by atoms with E-state index in [1.165, 1.54) is 0 Å². The molecule has 1 aromatic carbocycles. The minimum atomic E-state index is -0.336. The normalized spacial score (nSPS) is 11.4. The third kappa shape index (κ3) is 3.07. The molecule has 0 aromatic heterocycles. The number of hydrogen-bond donors (Lipinski definition) is 1. The minimum Gasteiger partial charge on any atom is -0.394 e. The molecule has 0 aliphatic rings. The zero-order valence-electron chi connectivity index (χ0n) is 10.6. The first-order valence-corrected chi connectivity index (χ1v) is 6.24. The van der Waals surface area contributed by atoms with Crippen LogP contribution in [-0.2, 0) is 0 Å². The summed E-state index contributed by atoms with van der Waals surface area (Å²) in [6.07, 6.45) is 0. The minimum absolute atomic E-state index is 0.0347. The van der Waals surface area contributed by atoms with Gasteiger partial charge >= 0.3 is 0 Å². The van der Waals surface area contributed by atoms with E-state index in [1.807, 2.05) is 37.9 Å². The second-order valence-electron chi connectivity index (χ2n) is 4.75. The average molecular weight is 300 g/mol. The molecule has 0 unspecified atom stereocenters. The maximum absolute atomic E-state index is 11.3. The van der Waals surface area contributed by atoms with E-state index in [4.69, 9.17) is 0 Å². The Labute approximate surface area is 111 Å². The maximum Gasteiger partial charge on any atom is 0.160 e. The van der Waals surface area contributed by atoms with Gasteiger partial charge in [0.1, 0.15) is 0 Å². The van der Waals surface area contributed by atoms with Crippen molar-refractivity contribution in [1.29, 1.82) is 0 Å². The van der Waals surface area contributed by atoms with Crippen molar-refractivity contribution in [2.45, 2.75) is 26.3 Å². The van der Waals surface area contributed by atoms with Crippen molar-refractivity contribution in [2.75, 3.05) is 18.6 Å². The Hall–Kier alpha value is -0.870. The first-order chi connectivity index (χ1) is 7.79. The number of aliphatic hydroxyl groups is 1. The first-order valence-electron chi connectivity index (χ1n) is 5.45. The molecule has 0 spiro atoms. The van der Waals surface area contributed by atoms with E-state index in [9.17, 15) is 9.90 Å². The summed E-state index contributed by atoms with van der Waals surface area (Å²) in [7, 11) is 1.92. The van der Waals surface area contributed by atoms with E-state index in [0.717, 1.165) is 10.2 Å². The number of hydrogen-bond acceptors (Lipinski definition) is 3. The number of likely N-dealkylation sites (N-methyl/N-ethyl adjacent to an activating group) is 1. The van der Waals surface area contributed by atoms with Crippen LogP contribution in [0.3, 0.4) is 0 Å². The number of ketones is 1. The molecule has 94 valence electrons. The fourth-order valence-corrected chi connectivity index (χ4v) is 2.10. The number of carbonyl (C=O) groups is 1. The van der Waals surface area contributed by atoms with Crippen LogP contribution in [0.2, 0.25) is 0 Å². The van der Waals surface area contributed by atoms with Crippen LogP contribution < -0.4 is 4.90 Å². The molecule has 17 heavy (non-hydrogen) atoms. The van der Waals surface area contributed by atoms with Crippen LogP contribution in [0.25, 0.3) is 0 Å². The van der Waals surface area contributed by atoms with Crippen LogP contribution in [0.5, 0.6) is 0 Å². The van der Waals surface area contributed by atoms with E-state index < -0.39 is 0 Å². The van der Waals surface area contributed by atoms with E-state index in [1.54, 1.807) is 13.0 Å². The van der Waals surface area contributed by atoms with Crippen molar-refractivity contribution in [3.05, 3.63) is 28.2 Å². The zero-order chi connectivity index (χ0) is 13.2. The number of halogens is 1. The highest BCUT2D eigenvalue weighted by Crippen LogP contribution is 2.27.